The first-order valence-corrected chi connectivity index (χ1v) is 14.0. The predicted molar refractivity (Wildman–Crippen MR) is 157 cm³/mol. The smallest absolute Gasteiger partial charge is 0.243 e. The number of dihydropyridines is 1. The number of piperidine rings is 1. The van der Waals surface area contributed by atoms with Gasteiger partial charge in [0.2, 0.25) is 5.91 Å². The highest BCUT2D eigenvalue weighted by Crippen LogP contribution is 2.41. The lowest BCUT2D eigenvalue weighted by Crippen LogP contribution is -2.57. The number of nitrogens with one attached hydrogen (secondary N) is 1. The molecule has 8 heteroatoms. The molecule has 0 bridgehead atoms. The molecule has 2 aromatic carbocycles. The molecule has 206 valence electrons. The average molecular weight is 549 g/mol. The summed E-state index contributed by atoms with van der Waals surface area (Å²) >= 11 is 6.02. The maximum atomic E-state index is 12.5. The standard InChI is InChI=1S/C31H37ClN4O3/c1-30(2,38)21-7-12-28-26(19-21)24(25-5-3-15-34-27(25)20-39-28)6-4-16-36-17-13-31(14-18-36,29(33)37)35-23-10-8-22(32)9-11-23/h3,5-12,15,19,25,27,35,38H,4,13-14,16-18,20H2,1-2H3,(H2,33,37)/b24-6+. The predicted octanol–water partition coefficient (Wildman–Crippen LogP) is 4.79. The molecule has 1 amide bonds. The fourth-order valence-corrected chi connectivity index (χ4v) is 5.80. The second-order valence-corrected chi connectivity index (χ2v) is 11.7. The molecule has 3 aliphatic rings. The number of likely N-dealkylation sites (tertiary alicyclic amines) is 1. The van der Waals surface area contributed by atoms with Crippen LogP contribution in [-0.2, 0) is 10.4 Å². The zero-order valence-corrected chi connectivity index (χ0v) is 23.3. The Balaban J connectivity index is 1.31. The number of nitrogens with two attached hydrogens (primary N) is 1. The lowest BCUT2D eigenvalue weighted by Gasteiger charge is -2.40. The number of aliphatic imine (C=N–C) groups is 1. The van der Waals surface area contributed by atoms with Gasteiger partial charge in [0.15, 0.2) is 0 Å². The largest absolute Gasteiger partial charge is 0.491 e. The summed E-state index contributed by atoms with van der Waals surface area (Å²) in [6.45, 7) is 6.52. The normalized spacial score (nSPS) is 23.4. The molecule has 2 atom stereocenters. The number of halogens is 1. The Morgan fingerprint density at radius 3 is 2.69 bits per heavy atom. The van der Waals surface area contributed by atoms with E-state index >= 15 is 0 Å². The Morgan fingerprint density at radius 2 is 2.00 bits per heavy atom. The molecule has 1 saturated heterocycles. The third-order valence-electron chi connectivity index (χ3n) is 8.08. The number of carbonyl (C=O) groups excluding carboxylic acids is 1. The van der Waals surface area contributed by atoms with Gasteiger partial charge in [0.1, 0.15) is 17.9 Å². The number of hydrogen-bond donors (Lipinski definition) is 3. The zero-order valence-electron chi connectivity index (χ0n) is 22.6. The van der Waals surface area contributed by atoms with Gasteiger partial charge in [-0.05, 0) is 86.7 Å². The Labute approximate surface area is 235 Å². The summed E-state index contributed by atoms with van der Waals surface area (Å²) in [5.41, 5.74) is 8.05. The number of nitrogens with zero attached hydrogens (tertiary/aromatic N) is 2. The van der Waals surface area contributed by atoms with Crippen LogP contribution in [0.3, 0.4) is 0 Å². The SMILES string of the molecule is CC(C)(O)c1ccc2c(c1)/C(=C/CCN1CCC(Nc3ccc(Cl)cc3)(C(N)=O)CC1)C1C=CC=NC1CO2. The highest BCUT2D eigenvalue weighted by molar-refractivity contribution is 6.30. The highest BCUT2D eigenvalue weighted by atomic mass is 35.5. The number of benzene rings is 2. The van der Waals surface area contributed by atoms with Crippen molar-refractivity contribution in [3.05, 3.63) is 76.8 Å². The maximum absolute atomic E-state index is 12.5. The monoisotopic (exact) mass is 548 g/mol. The number of hydrogen-bond acceptors (Lipinski definition) is 6. The Bertz CT molecular complexity index is 1290. The molecule has 2 unspecified atom stereocenters. The number of rotatable bonds is 7. The van der Waals surface area contributed by atoms with Crippen LogP contribution in [0.5, 0.6) is 5.75 Å². The molecule has 0 radical (unpaired) electrons. The van der Waals surface area contributed by atoms with Gasteiger partial charge < -0.3 is 25.8 Å². The van der Waals surface area contributed by atoms with Crippen LogP contribution in [0.25, 0.3) is 5.57 Å². The van der Waals surface area contributed by atoms with Crippen LogP contribution < -0.4 is 15.8 Å². The van der Waals surface area contributed by atoms with Crippen LogP contribution in [-0.4, -0.2) is 60.0 Å². The van der Waals surface area contributed by atoms with Gasteiger partial charge in [-0.15, -0.1) is 0 Å². The number of amides is 1. The zero-order chi connectivity index (χ0) is 27.6. The van der Waals surface area contributed by atoms with Crippen molar-refractivity contribution in [2.75, 3.05) is 31.6 Å². The molecule has 3 aliphatic heterocycles. The van der Waals surface area contributed by atoms with Crippen molar-refractivity contribution in [3.8, 4) is 5.75 Å². The van der Waals surface area contributed by atoms with E-state index in [1.807, 2.05) is 36.6 Å². The first-order valence-electron chi connectivity index (χ1n) is 13.6. The number of primary amides is 1. The number of ether oxygens (including phenoxy) is 1. The van der Waals surface area contributed by atoms with E-state index in [-0.39, 0.29) is 17.9 Å². The van der Waals surface area contributed by atoms with Crippen LogP contribution >= 0.6 is 11.6 Å². The Kier molecular flexibility index (Phi) is 7.85. The van der Waals surface area contributed by atoms with Crippen LogP contribution in [0.4, 0.5) is 5.69 Å². The van der Waals surface area contributed by atoms with Crippen molar-refractivity contribution in [1.29, 1.82) is 0 Å². The van der Waals surface area contributed by atoms with Crippen LogP contribution in [0.2, 0.25) is 5.02 Å². The molecule has 3 heterocycles. The minimum atomic E-state index is -0.951. The van der Waals surface area contributed by atoms with Gasteiger partial charge in [0.05, 0.1) is 11.6 Å². The minimum Gasteiger partial charge on any atom is -0.491 e. The number of aliphatic hydroxyl groups is 1. The summed E-state index contributed by atoms with van der Waals surface area (Å²) < 4.78 is 6.17. The van der Waals surface area contributed by atoms with Crippen LogP contribution in [0.15, 0.2) is 65.7 Å². The molecular weight excluding hydrogens is 512 g/mol. The van der Waals surface area contributed by atoms with Crippen molar-refractivity contribution in [3.63, 3.8) is 0 Å². The molecule has 0 aliphatic carbocycles. The number of anilines is 1. The lowest BCUT2D eigenvalue weighted by molar-refractivity contribution is -0.123. The van der Waals surface area contributed by atoms with E-state index in [2.05, 4.69) is 33.4 Å². The van der Waals surface area contributed by atoms with E-state index in [0.717, 1.165) is 48.6 Å². The topological polar surface area (TPSA) is 100 Å². The van der Waals surface area contributed by atoms with E-state index in [1.54, 1.807) is 26.0 Å². The quantitative estimate of drug-likeness (QED) is 0.462. The number of carbonyl (C=O) groups is 1. The molecule has 2 aromatic rings. The summed E-state index contributed by atoms with van der Waals surface area (Å²) in [7, 11) is 0. The molecule has 7 nitrogen and oxygen atoms in total. The number of allylic oxidation sites excluding steroid dienone is 1. The third-order valence-corrected chi connectivity index (χ3v) is 8.33. The summed E-state index contributed by atoms with van der Waals surface area (Å²) in [6.07, 6.45) is 10.5. The third kappa shape index (κ3) is 6.06. The lowest BCUT2D eigenvalue weighted by atomic mass is 9.83. The summed E-state index contributed by atoms with van der Waals surface area (Å²) in [5, 5.41) is 14.7. The van der Waals surface area contributed by atoms with Crippen molar-refractivity contribution in [2.24, 2.45) is 16.6 Å². The summed E-state index contributed by atoms with van der Waals surface area (Å²) in [6, 6.07) is 13.3. The van der Waals surface area contributed by atoms with Crippen molar-refractivity contribution in [1.82, 2.24) is 4.90 Å². The fourth-order valence-electron chi connectivity index (χ4n) is 5.67. The molecule has 0 aromatic heterocycles. The van der Waals surface area contributed by atoms with Crippen LogP contribution in [0, 0.1) is 5.92 Å². The molecule has 0 saturated carbocycles. The summed E-state index contributed by atoms with van der Waals surface area (Å²) in [4.78, 5) is 19.6. The second kappa shape index (κ2) is 11.2. The molecule has 1 fully saturated rings. The van der Waals surface area contributed by atoms with E-state index in [9.17, 15) is 9.90 Å². The van der Waals surface area contributed by atoms with Gasteiger partial charge in [0, 0.05) is 48.0 Å². The Morgan fingerprint density at radius 1 is 1.26 bits per heavy atom. The van der Waals surface area contributed by atoms with Crippen molar-refractivity contribution >= 4 is 35.0 Å². The van der Waals surface area contributed by atoms with Gasteiger partial charge in [0.25, 0.3) is 0 Å². The summed E-state index contributed by atoms with van der Waals surface area (Å²) in [5.74, 6) is 0.609. The van der Waals surface area contributed by atoms with Gasteiger partial charge >= 0.3 is 0 Å². The minimum absolute atomic E-state index is 0.0179. The molecule has 5 rings (SSSR count). The van der Waals surface area contributed by atoms with E-state index in [0.29, 0.717) is 24.5 Å². The fraction of sp³-hybridized carbons (Fsp3) is 0.419. The average Bonchev–Trinajstić information content (AvgIpc) is 3.07. The maximum Gasteiger partial charge on any atom is 0.243 e. The Hall–Kier alpha value is -3.13. The first kappa shape index (κ1) is 27.4. The highest BCUT2D eigenvalue weighted by Gasteiger charge is 2.40. The van der Waals surface area contributed by atoms with Crippen molar-refractivity contribution < 1.29 is 14.6 Å². The van der Waals surface area contributed by atoms with Gasteiger partial charge in [-0.25, -0.2) is 0 Å². The van der Waals surface area contributed by atoms with Gasteiger partial charge in [-0.2, -0.15) is 0 Å². The first-order chi connectivity index (χ1) is 18.6. The molecule has 0 spiro atoms. The van der Waals surface area contributed by atoms with Crippen LogP contribution in [0.1, 0.15) is 44.2 Å². The molecular formula is C31H37ClN4O3. The van der Waals surface area contributed by atoms with E-state index in [4.69, 9.17) is 22.1 Å². The van der Waals surface area contributed by atoms with Crippen molar-refractivity contribution in [2.45, 2.75) is 50.3 Å². The molecule has 39 heavy (non-hydrogen) atoms. The second-order valence-electron chi connectivity index (χ2n) is 11.2. The van der Waals surface area contributed by atoms with E-state index in [1.165, 1.54) is 5.57 Å². The molecule has 4 N–H and O–H groups in total. The van der Waals surface area contributed by atoms with Gasteiger partial charge in [-0.1, -0.05) is 29.8 Å². The van der Waals surface area contributed by atoms with E-state index < -0.39 is 11.1 Å². The number of fused-ring (bicyclic) bond motifs is 2. The van der Waals surface area contributed by atoms with Gasteiger partial charge in [-0.3, -0.25) is 9.79 Å².